The van der Waals surface area contributed by atoms with Gasteiger partial charge < -0.3 is 9.84 Å². The maximum absolute atomic E-state index is 10.7. The van der Waals surface area contributed by atoms with E-state index in [2.05, 4.69) is 27.4 Å². The van der Waals surface area contributed by atoms with Crippen LogP contribution in [0.25, 0.3) is 0 Å². The molecule has 3 rings (SSSR count). The highest BCUT2D eigenvalue weighted by Crippen LogP contribution is 2.62. The van der Waals surface area contributed by atoms with Crippen LogP contribution in [-0.2, 0) is 4.74 Å². The molecule has 2 saturated heterocycles. The SMILES string of the molecule is C=C1C[C@]2(O)O[C@@]3(CC2=C(C)C)[C@@H](C)CC[C@@H]13. The van der Waals surface area contributed by atoms with Crippen molar-refractivity contribution in [3.63, 3.8) is 0 Å². The van der Waals surface area contributed by atoms with Crippen molar-refractivity contribution in [1.82, 2.24) is 0 Å². The Balaban J connectivity index is 2.14. The molecule has 2 heteroatoms. The van der Waals surface area contributed by atoms with Crippen molar-refractivity contribution >= 4 is 0 Å². The minimum absolute atomic E-state index is 0.156. The van der Waals surface area contributed by atoms with E-state index in [9.17, 15) is 5.11 Å². The Labute approximate surface area is 103 Å². The van der Waals surface area contributed by atoms with E-state index in [1.54, 1.807) is 0 Å². The summed E-state index contributed by atoms with van der Waals surface area (Å²) in [6, 6.07) is 0. The molecule has 4 atom stereocenters. The lowest BCUT2D eigenvalue weighted by molar-refractivity contribution is -0.242. The van der Waals surface area contributed by atoms with Crippen molar-refractivity contribution in [1.29, 1.82) is 0 Å². The third-order valence-corrected chi connectivity index (χ3v) is 5.16. The van der Waals surface area contributed by atoms with Crippen LogP contribution in [0.15, 0.2) is 23.3 Å². The van der Waals surface area contributed by atoms with Crippen LogP contribution < -0.4 is 0 Å². The molecule has 0 aromatic carbocycles. The molecule has 2 aliphatic heterocycles. The Bertz CT molecular complexity index is 419. The predicted molar refractivity (Wildman–Crippen MR) is 67.4 cm³/mol. The minimum Gasteiger partial charge on any atom is -0.362 e. The molecule has 1 saturated carbocycles. The van der Waals surface area contributed by atoms with Gasteiger partial charge in [0.25, 0.3) is 0 Å². The van der Waals surface area contributed by atoms with E-state index < -0.39 is 5.79 Å². The highest BCUT2D eigenvalue weighted by molar-refractivity contribution is 5.36. The quantitative estimate of drug-likeness (QED) is 0.652. The fraction of sp³-hybridized carbons (Fsp3) is 0.733. The Kier molecular flexibility index (Phi) is 2.19. The zero-order valence-corrected chi connectivity index (χ0v) is 11.0. The average molecular weight is 234 g/mol. The molecule has 0 radical (unpaired) electrons. The molecule has 2 bridgehead atoms. The molecule has 2 heterocycles. The van der Waals surface area contributed by atoms with Crippen LogP contribution in [0.3, 0.4) is 0 Å². The lowest BCUT2D eigenvalue weighted by Crippen LogP contribution is -2.47. The molecule has 0 amide bonds. The standard InChI is InChI=1S/C15H22O2/c1-9(2)13-8-14-11(4)5-6-12(14)10(3)7-15(13,16)17-14/h11-12,16H,3,5-8H2,1-2,4H3/t11-,12-,14-,15-/m0/s1. The van der Waals surface area contributed by atoms with Crippen LogP contribution >= 0.6 is 0 Å². The smallest absolute Gasteiger partial charge is 0.193 e. The average Bonchev–Trinajstić information content (AvgIpc) is 2.65. The number of hydrogen-bond donors (Lipinski definition) is 1. The van der Waals surface area contributed by atoms with Crippen LogP contribution in [0.1, 0.15) is 46.5 Å². The van der Waals surface area contributed by atoms with Crippen molar-refractivity contribution in [2.75, 3.05) is 0 Å². The van der Waals surface area contributed by atoms with Gasteiger partial charge in [0.1, 0.15) is 0 Å². The third kappa shape index (κ3) is 1.28. The van der Waals surface area contributed by atoms with E-state index in [0.29, 0.717) is 18.3 Å². The first-order chi connectivity index (χ1) is 7.89. The lowest BCUT2D eigenvalue weighted by Gasteiger charge is -2.42. The molecule has 3 fully saturated rings. The number of rotatable bonds is 0. The fourth-order valence-corrected chi connectivity index (χ4v) is 4.24. The molecule has 0 unspecified atom stereocenters. The van der Waals surface area contributed by atoms with Gasteiger partial charge in [-0.25, -0.2) is 0 Å². The summed E-state index contributed by atoms with van der Waals surface area (Å²) < 4.78 is 6.19. The van der Waals surface area contributed by atoms with Crippen molar-refractivity contribution in [2.45, 2.75) is 57.8 Å². The van der Waals surface area contributed by atoms with Crippen molar-refractivity contribution in [3.8, 4) is 0 Å². The molecule has 0 aromatic heterocycles. The van der Waals surface area contributed by atoms with Gasteiger partial charge in [-0.15, -0.1) is 0 Å². The second-order valence-corrected chi connectivity index (χ2v) is 6.36. The molecule has 2 nitrogen and oxygen atoms in total. The van der Waals surface area contributed by atoms with E-state index in [1.807, 2.05) is 0 Å². The van der Waals surface area contributed by atoms with E-state index in [1.165, 1.54) is 24.0 Å². The van der Waals surface area contributed by atoms with Gasteiger partial charge in [0.2, 0.25) is 0 Å². The van der Waals surface area contributed by atoms with Gasteiger partial charge in [0.15, 0.2) is 5.79 Å². The Morgan fingerprint density at radius 2 is 2.06 bits per heavy atom. The van der Waals surface area contributed by atoms with E-state index >= 15 is 0 Å². The van der Waals surface area contributed by atoms with Gasteiger partial charge in [-0.2, -0.15) is 0 Å². The predicted octanol–water partition coefficient (Wildman–Crippen LogP) is 3.18. The lowest BCUT2D eigenvalue weighted by atomic mass is 9.78. The Morgan fingerprint density at radius 1 is 1.35 bits per heavy atom. The molecular formula is C15H22O2. The molecule has 0 aromatic rings. The molecule has 3 aliphatic rings. The number of fused-ring (bicyclic) bond motifs is 1. The van der Waals surface area contributed by atoms with Crippen molar-refractivity contribution < 1.29 is 9.84 Å². The first-order valence-electron chi connectivity index (χ1n) is 6.66. The van der Waals surface area contributed by atoms with E-state index in [0.717, 1.165) is 12.0 Å². The van der Waals surface area contributed by atoms with Gasteiger partial charge in [-0.3, -0.25) is 0 Å². The number of ether oxygens (including phenoxy) is 1. The normalized spacial score (nSPS) is 48.5. The zero-order chi connectivity index (χ0) is 12.4. The van der Waals surface area contributed by atoms with Crippen molar-refractivity contribution in [2.24, 2.45) is 11.8 Å². The van der Waals surface area contributed by atoms with E-state index in [4.69, 9.17) is 4.74 Å². The van der Waals surface area contributed by atoms with Gasteiger partial charge in [-0.1, -0.05) is 24.6 Å². The van der Waals surface area contributed by atoms with Crippen LogP contribution in [0.2, 0.25) is 0 Å². The number of hydrogen-bond acceptors (Lipinski definition) is 2. The van der Waals surface area contributed by atoms with Crippen LogP contribution in [0.4, 0.5) is 0 Å². The molecular weight excluding hydrogens is 212 g/mol. The maximum Gasteiger partial charge on any atom is 0.193 e. The molecule has 94 valence electrons. The van der Waals surface area contributed by atoms with Gasteiger partial charge in [0.05, 0.1) is 5.60 Å². The zero-order valence-electron chi connectivity index (χ0n) is 11.0. The van der Waals surface area contributed by atoms with Gasteiger partial charge >= 0.3 is 0 Å². The van der Waals surface area contributed by atoms with Crippen LogP contribution in [0, 0.1) is 11.8 Å². The summed E-state index contributed by atoms with van der Waals surface area (Å²) >= 11 is 0. The highest BCUT2D eigenvalue weighted by Gasteiger charge is 2.64. The van der Waals surface area contributed by atoms with Crippen LogP contribution in [0.5, 0.6) is 0 Å². The molecule has 1 spiro atoms. The summed E-state index contributed by atoms with van der Waals surface area (Å²) in [6.45, 7) is 10.6. The van der Waals surface area contributed by atoms with Gasteiger partial charge in [0, 0.05) is 18.8 Å². The monoisotopic (exact) mass is 234 g/mol. The molecule has 17 heavy (non-hydrogen) atoms. The number of allylic oxidation sites excluding steroid dienone is 1. The first-order valence-corrected chi connectivity index (χ1v) is 6.66. The van der Waals surface area contributed by atoms with Crippen molar-refractivity contribution in [3.05, 3.63) is 23.3 Å². The number of aliphatic hydroxyl groups is 1. The third-order valence-electron chi connectivity index (χ3n) is 5.16. The summed E-state index contributed by atoms with van der Waals surface area (Å²) in [6.07, 6.45) is 3.85. The highest BCUT2D eigenvalue weighted by atomic mass is 16.6. The molecule has 1 N–H and O–H groups in total. The van der Waals surface area contributed by atoms with E-state index in [-0.39, 0.29) is 5.60 Å². The second-order valence-electron chi connectivity index (χ2n) is 6.36. The minimum atomic E-state index is -1.05. The van der Waals surface area contributed by atoms with Gasteiger partial charge in [-0.05, 0) is 38.2 Å². The second kappa shape index (κ2) is 3.24. The van der Waals surface area contributed by atoms with Crippen LogP contribution in [-0.4, -0.2) is 16.5 Å². The Hall–Kier alpha value is -0.600. The maximum atomic E-state index is 10.7. The fourth-order valence-electron chi connectivity index (χ4n) is 4.24. The summed E-state index contributed by atoms with van der Waals surface area (Å²) in [5.41, 5.74) is 3.35. The summed E-state index contributed by atoms with van der Waals surface area (Å²) in [4.78, 5) is 0. The summed E-state index contributed by atoms with van der Waals surface area (Å²) in [5.74, 6) is -0.0760. The topological polar surface area (TPSA) is 29.5 Å². The first kappa shape index (κ1) is 11.5. The largest absolute Gasteiger partial charge is 0.362 e. The molecule has 1 aliphatic carbocycles. The Morgan fingerprint density at radius 3 is 2.71 bits per heavy atom. The summed E-state index contributed by atoms with van der Waals surface area (Å²) in [5, 5.41) is 10.7. The summed E-state index contributed by atoms with van der Waals surface area (Å²) in [7, 11) is 0.